The second-order valence-electron chi connectivity index (χ2n) is 8.65. The summed E-state index contributed by atoms with van der Waals surface area (Å²) in [7, 11) is 0. The van der Waals surface area contributed by atoms with Crippen LogP contribution in [0.5, 0.6) is 5.75 Å². The Morgan fingerprint density at radius 1 is 1.18 bits per heavy atom. The third-order valence-electron chi connectivity index (χ3n) is 5.29. The van der Waals surface area contributed by atoms with E-state index in [0.29, 0.717) is 40.8 Å². The lowest BCUT2D eigenvalue weighted by Gasteiger charge is -2.16. The Morgan fingerprint density at radius 2 is 1.94 bits per heavy atom. The maximum Gasteiger partial charge on any atom is 0.432 e. The summed E-state index contributed by atoms with van der Waals surface area (Å²) in [4.78, 5) is 21.1. The number of rotatable bonds is 6. The van der Waals surface area contributed by atoms with Crippen LogP contribution in [0, 0.1) is 18.6 Å². The van der Waals surface area contributed by atoms with Gasteiger partial charge in [0.15, 0.2) is 11.6 Å². The highest BCUT2D eigenvalue weighted by atomic mass is 19.1. The molecule has 2 aromatic carbocycles. The molecule has 7 nitrogen and oxygen atoms in total. The van der Waals surface area contributed by atoms with E-state index in [0.717, 1.165) is 5.56 Å². The maximum absolute atomic E-state index is 13.9. The molecule has 9 heteroatoms. The Bertz CT molecular complexity index is 1360. The highest BCUT2D eigenvalue weighted by Crippen LogP contribution is 2.25. The van der Waals surface area contributed by atoms with Crippen molar-refractivity contribution in [2.24, 2.45) is 0 Å². The molecule has 0 atom stereocenters. The lowest BCUT2D eigenvalue weighted by molar-refractivity contribution is 0.0715. The molecule has 0 aliphatic carbocycles. The number of halogens is 2. The minimum Gasteiger partial charge on any atom is -0.406 e. The number of fused-ring (bicyclic) bond motifs is 1. The molecule has 4 rings (SSSR count). The summed E-state index contributed by atoms with van der Waals surface area (Å²) < 4.78 is 34.2. The topological polar surface area (TPSA) is 89.3 Å². The van der Waals surface area contributed by atoms with Gasteiger partial charge >= 0.3 is 6.09 Å². The first-order chi connectivity index (χ1) is 16.1. The van der Waals surface area contributed by atoms with Crippen LogP contribution in [0.4, 0.5) is 13.6 Å². The first-order valence-corrected chi connectivity index (χ1v) is 10.7. The van der Waals surface area contributed by atoms with E-state index in [-0.39, 0.29) is 5.75 Å². The van der Waals surface area contributed by atoms with Gasteiger partial charge in [0, 0.05) is 17.1 Å². The number of hydrogen-bond acceptors (Lipinski definition) is 5. The van der Waals surface area contributed by atoms with E-state index in [1.54, 1.807) is 45.2 Å². The molecule has 0 fully saturated rings. The Labute approximate surface area is 195 Å². The summed E-state index contributed by atoms with van der Waals surface area (Å²) in [6.07, 6.45) is 3.18. The van der Waals surface area contributed by atoms with Gasteiger partial charge < -0.3 is 9.84 Å². The summed E-state index contributed by atoms with van der Waals surface area (Å²) in [5.41, 5.74) is 3.99. The van der Waals surface area contributed by atoms with Gasteiger partial charge in [-0.2, -0.15) is 0 Å². The number of carbonyl (C=O) groups is 1. The third kappa shape index (κ3) is 5.37. The summed E-state index contributed by atoms with van der Waals surface area (Å²) in [6.45, 7) is 5.05. The largest absolute Gasteiger partial charge is 0.432 e. The molecule has 176 valence electrons. The van der Waals surface area contributed by atoms with Crippen molar-refractivity contribution in [3.05, 3.63) is 77.8 Å². The van der Waals surface area contributed by atoms with Crippen LogP contribution in [0.15, 0.2) is 54.9 Å². The minimum absolute atomic E-state index is 0.141. The zero-order valence-corrected chi connectivity index (χ0v) is 19.0. The first kappa shape index (κ1) is 23.3. The van der Waals surface area contributed by atoms with E-state index in [9.17, 15) is 18.7 Å². The molecule has 2 aromatic heterocycles. The van der Waals surface area contributed by atoms with E-state index in [1.165, 1.54) is 35.1 Å². The van der Waals surface area contributed by atoms with Crippen molar-refractivity contribution in [3.63, 3.8) is 0 Å². The summed E-state index contributed by atoms with van der Waals surface area (Å²) >= 11 is 0. The molecule has 2 N–H and O–H groups in total. The van der Waals surface area contributed by atoms with Crippen LogP contribution in [0.2, 0.25) is 0 Å². The average Bonchev–Trinajstić information content (AvgIpc) is 3.09. The van der Waals surface area contributed by atoms with Crippen molar-refractivity contribution in [1.29, 1.82) is 0 Å². The van der Waals surface area contributed by atoms with Crippen LogP contribution < -0.4 is 10.2 Å². The van der Waals surface area contributed by atoms with Crippen molar-refractivity contribution in [2.75, 3.05) is 5.43 Å². The van der Waals surface area contributed by atoms with Gasteiger partial charge in [-0.25, -0.2) is 29.0 Å². The molecule has 0 saturated heterocycles. The number of nitrogens with zero attached hydrogens (tertiary/aromatic N) is 3. The SMILES string of the molecule is Cc1nc(-c2cccc(F)c2)ncc1OC(=O)Nn1cc(CCC(C)(C)O)c2cc(F)ccc21. The summed E-state index contributed by atoms with van der Waals surface area (Å²) in [5, 5.41) is 10.7. The molecule has 1 amide bonds. The van der Waals surface area contributed by atoms with Crippen LogP contribution >= 0.6 is 0 Å². The third-order valence-corrected chi connectivity index (χ3v) is 5.29. The van der Waals surface area contributed by atoms with Crippen LogP contribution in [-0.2, 0) is 6.42 Å². The number of benzene rings is 2. The zero-order valence-electron chi connectivity index (χ0n) is 19.0. The molecule has 34 heavy (non-hydrogen) atoms. The second-order valence-corrected chi connectivity index (χ2v) is 8.65. The molecule has 0 saturated carbocycles. The molecular formula is C25H24F2N4O3. The quantitative estimate of drug-likeness (QED) is 0.411. The number of aliphatic hydroxyl groups is 1. The standard InChI is InChI=1S/C25H24F2N4O3/c1-15-22(13-28-23(29-15)16-5-4-6-18(26)11-16)34-24(32)30-31-14-17(9-10-25(2,3)33)20-12-19(27)7-8-21(20)31/h4-8,11-14,33H,9-10H2,1-3H3,(H,30,32). The van der Waals surface area contributed by atoms with Crippen LogP contribution in [0.1, 0.15) is 31.5 Å². The van der Waals surface area contributed by atoms with E-state index >= 15 is 0 Å². The number of ether oxygens (including phenoxy) is 1. The molecule has 2 heterocycles. The Hall–Kier alpha value is -3.85. The van der Waals surface area contributed by atoms with Gasteiger partial charge in [0.25, 0.3) is 0 Å². The zero-order chi connectivity index (χ0) is 24.5. The average molecular weight is 466 g/mol. The smallest absolute Gasteiger partial charge is 0.406 e. The molecule has 0 bridgehead atoms. The Morgan fingerprint density at radius 3 is 2.65 bits per heavy atom. The minimum atomic E-state index is -0.886. The van der Waals surface area contributed by atoms with E-state index in [1.807, 2.05) is 0 Å². The lowest BCUT2D eigenvalue weighted by atomic mass is 9.99. The molecule has 0 unspecified atom stereocenters. The monoisotopic (exact) mass is 466 g/mol. The lowest BCUT2D eigenvalue weighted by Crippen LogP contribution is -2.25. The fourth-order valence-corrected chi connectivity index (χ4v) is 3.55. The van der Waals surface area contributed by atoms with Crippen LogP contribution in [0.25, 0.3) is 22.3 Å². The predicted molar refractivity (Wildman–Crippen MR) is 124 cm³/mol. The number of nitrogens with one attached hydrogen (secondary N) is 1. The molecule has 0 aliphatic rings. The molecule has 0 spiro atoms. The molecular weight excluding hydrogens is 442 g/mol. The highest BCUT2D eigenvalue weighted by Gasteiger charge is 2.18. The van der Waals surface area contributed by atoms with Gasteiger partial charge in [0.2, 0.25) is 0 Å². The van der Waals surface area contributed by atoms with Crippen molar-refractivity contribution in [2.45, 2.75) is 39.2 Å². The van der Waals surface area contributed by atoms with Crippen molar-refractivity contribution in [1.82, 2.24) is 14.6 Å². The number of aryl methyl sites for hydroxylation is 2. The van der Waals surface area contributed by atoms with Gasteiger partial charge in [0.05, 0.1) is 23.0 Å². The Kier molecular flexibility index (Phi) is 6.30. The fourth-order valence-electron chi connectivity index (χ4n) is 3.55. The van der Waals surface area contributed by atoms with Gasteiger partial charge in [-0.15, -0.1) is 0 Å². The normalized spacial score (nSPS) is 11.6. The van der Waals surface area contributed by atoms with E-state index in [4.69, 9.17) is 4.74 Å². The molecule has 0 radical (unpaired) electrons. The summed E-state index contributed by atoms with van der Waals surface area (Å²) in [6, 6.07) is 10.1. The first-order valence-electron chi connectivity index (χ1n) is 10.7. The van der Waals surface area contributed by atoms with Crippen molar-refractivity contribution >= 4 is 17.0 Å². The van der Waals surface area contributed by atoms with Crippen molar-refractivity contribution < 1.29 is 23.4 Å². The van der Waals surface area contributed by atoms with E-state index < -0.39 is 23.3 Å². The van der Waals surface area contributed by atoms with Gasteiger partial charge in [-0.3, -0.25) is 4.68 Å². The van der Waals surface area contributed by atoms with E-state index in [2.05, 4.69) is 15.4 Å². The summed E-state index contributed by atoms with van der Waals surface area (Å²) in [5.74, 6) is -0.357. The van der Waals surface area contributed by atoms with Gasteiger partial charge in [0.1, 0.15) is 11.6 Å². The molecule has 0 aliphatic heterocycles. The second kappa shape index (κ2) is 9.18. The number of aromatic nitrogens is 3. The van der Waals surface area contributed by atoms with Crippen molar-refractivity contribution in [3.8, 4) is 17.1 Å². The van der Waals surface area contributed by atoms with Crippen LogP contribution in [0.3, 0.4) is 0 Å². The van der Waals surface area contributed by atoms with Gasteiger partial charge in [-0.05, 0) is 69.5 Å². The number of amides is 1. The number of carbonyl (C=O) groups excluding carboxylic acids is 1. The van der Waals surface area contributed by atoms with Gasteiger partial charge in [-0.1, -0.05) is 12.1 Å². The highest BCUT2D eigenvalue weighted by molar-refractivity contribution is 5.87. The predicted octanol–water partition coefficient (Wildman–Crippen LogP) is 5.13. The van der Waals surface area contributed by atoms with Crippen LogP contribution in [-0.4, -0.2) is 31.4 Å². The maximum atomic E-state index is 13.9. The Balaban J connectivity index is 1.53. The fraction of sp³-hybridized carbons (Fsp3) is 0.240. The molecule has 4 aromatic rings. The number of hydrogen-bond donors (Lipinski definition) is 2.